The molecule has 1 atom stereocenters. The van der Waals surface area contributed by atoms with E-state index in [-0.39, 0.29) is 11.4 Å². The molecule has 1 aromatic carbocycles. The molecule has 0 spiro atoms. The van der Waals surface area contributed by atoms with Gasteiger partial charge in [-0.05, 0) is 50.1 Å². The molecule has 3 rings (SSSR count). The molecule has 1 amide bonds. The fraction of sp³-hybridized carbons (Fsp3) is 0.350. The number of carbonyl (C=O) groups excluding carboxylic acids is 1. The number of phenolic OH excluding ortho intramolecular Hbond substituents is 1. The van der Waals surface area contributed by atoms with E-state index in [1.54, 1.807) is 30.9 Å². The lowest BCUT2D eigenvalue weighted by molar-refractivity contribution is -0.138. The van der Waals surface area contributed by atoms with E-state index in [4.69, 9.17) is 5.26 Å². The van der Waals surface area contributed by atoms with Crippen LogP contribution < -0.4 is 9.80 Å². The van der Waals surface area contributed by atoms with Gasteiger partial charge in [-0.2, -0.15) is 18.4 Å². The van der Waals surface area contributed by atoms with Gasteiger partial charge in [0.05, 0.1) is 17.4 Å². The van der Waals surface area contributed by atoms with Crippen LogP contribution in [0.15, 0.2) is 30.5 Å². The van der Waals surface area contributed by atoms with Crippen LogP contribution in [-0.4, -0.2) is 27.0 Å². The summed E-state index contributed by atoms with van der Waals surface area (Å²) in [5.41, 5.74) is -2.92. The second-order valence-corrected chi connectivity index (χ2v) is 7.78. The van der Waals surface area contributed by atoms with Gasteiger partial charge in [0, 0.05) is 5.69 Å². The van der Waals surface area contributed by atoms with E-state index in [2.05, 4.69) is 17.6 Å². The second-order valence-electron chi connectivity index (χ2n) is 7.32. The van der Waals surface area contributed by atoms with Gasteiger partial charge in [0.2, 0.25) is 0 Å². The van der Waals surface area contributed by atoms with Crippen LogP contribution in [0.25, 0.3) is 0 Å². The summed E-state index contributed by atoms with van der Waals surface area (Å²) < 4.78 is 40.1. The number of aromatic hydroxyl groups is 1. The number of benzene rings is 1. The van der Waals surface area contributed by atoms with Crippen molar-refractivity contribution in [3.05, 3.63) is 47.3 Å². The number of anilines is 2. The SMILES string of the molecule is CCc1cc(N2C(S)N(c3cnc(C#N)c(C(F)(F)F)c3)C(=O)C2(C)C)ccc1O. The fourth-order valence-corrected chi connectivity index (χ4v) is 4.17. The first kappa shape index (κ1) is 21.8. The predicted molar refractivity (Wildman–Crippen MR) is 108 cm³/mol. The smallest absolute Gasteiger partial charge is 0.419 e. The molecule has 1 aromatic heterocycles. The van der Waals surface area contributed by atoms with Gasteiger partial charge in [-0.3, -0.25) is 9.69 Å². The number of rotatable bonds is 3. The Bertz CT molecular complexity index is 1050. The van der Waals surface area contributed by atoms with Crippen molar-refractivity contribution in [1.29, 1.82) is 5.26 Å². The van der Waals surface area contributed by atoms with Gasteiger partial charge in [0.1, 0.15) is 17.4 Å². The van der Waals surface area contributed by atoms with Gasteiger partial charge in [-0.25, -0.2) is 4.98 Å². The van der Waals surface area contributed by atoms with E-state index in [0.29, 0.717) is 17.7 Å². The molecular formula is C20H19F3N4O2S. The number of hydrogen-bond acceptors (Lipinski definition) is 6. The number of aryl methyl sites for hydroxylation is 1. The molecule has 2 aromatic rings. The maximum atomic E-state index is 13.4. The summed E-state index contributed by atoms with van der Waals surface area (Å²) in [5, 5.41) is 18.9. The Kier molecular flexibility index (Phi) is 5.37. The molecule has 10 heteroatoms. The lowest BCUT2D eigenvalue weighted by atomic mass is 10.0. The largest absolute Gasteiger partial charge is 0.508 e. The minimum atomic E-state index is -4.80. The number of halogens is 3. The van der Waals surface area contributed by atoms with Crippen molar-refractivity contribution in [2.24, 2.45) is 0 Å². The van der Waals surface area contributed by atoms with Gasteiger partial charge in [-0.1, -0.05) is 6.92 Å². The van der Waals surface area contributed by atoms with Crippen molar-refractivity contribution in [3.63, 3.8) is 0 Å². The lowest BCUT2D eigenvalue weighted by Gasteiger charge is -2.33. The second kappa shape index (κ2) is 7.40. The minimum absolute atomic E-state index is 0.114. The molecule has 30 heavy (non-hydrogen) atoms. The summed E-state index contributed by atoms with van der Waals surface area (Å²) in [5.74, 6) is -0.364. The number of nitriles is 1. The molecule has 2 heterocycles. The average Bonchev–Trinajstić information content (AvgIpc) is 2.85. The zero-order chi connectivity index (χ0) is 22.4. The summed E-state index contributed by atoms with van der Waals surface area (Å²) in [4.78, 5) is 19.5. The summed E-state index contributed by atoms with van der Waals surface area (Å²) in [6.45, 7) is 5.14. The topological polar surface area (TPSA) is 80.5 Å². The van der Waals surface area contributed by atoms with E-state index in [1.807, 2.05) is 6.92 Å². The van der Waals surface area contributed by atoms with Crippen LogP contribution in [0.2, 0.25) is 0 Å². The molecule has 0 aliphatic carbocycles. The van der Waals surface area contributed by atoms with E-state index in [0.717, 1.165) is 17.2 Å². The molecule has 1 N–H and O–H groups in total. The van der Waals surface area contributed by atoms with E-state index < -0.39 is 34.4 Å². The van der Waals surface area contributed by atoms with Crippen LogP contribution in [0.4, 0.5) is 24.5 Å². The molecule has 1 saturated heterocycles. The third kappa shape index (κ3) is 3.43. The summed E-state index contributed by atoms with van der Waals surface area (Å²) >= 11 is 4.52. The number of aromatic nitrogens is 1. The Balaban J connectivity index is 2.11. The van der Waals surface area contributed by atoms with Crippen LogP contribution in [0.3, 0.4) is 0 Å². The zero-order valence-electron chi connectivity index (χ0n) is 16.4. The predicted octanol–water partition coefficient (Wildman–Crippen LogP) is 4.09. The lowest BCUT2D eigenvalue weighted by Crippen LogP contribution is -2.44. The van der Waals surface area contributed by atoms with Crippen molar-refractivity contribution in [1.82, 2.24) is 4.98 Å². The Morgan fingerprint density at radius 1 is 1.30 bits per heavy atom. The monoisotopic (exact) mass is 436 g/mol. The molecule has 158 valence electrons. The fourth-order valence-electron chi connectivity index (χ4n) is 3.51. The Morgan fingerprint density at radius 2 is 1.97 bits per heavy atom. The van der Waals surface area contributed by atoms with Crippen LogP contribution in [0, 0.1) is 11.3 Å². The number of amides is 1. The number of alkyl halides is 3. The molecule has 1 unspecified atom stereocenters. The van der Waals surface area contributed by atoms with Gasteiger partial charge in [0.15, 0.2) is 11.2 Å². The minimum Gasteiger partial charge on any atom is -0.508 e. The summed E-state index contributed by atoms with van der Waals surface area (Å²) in [7, 11) is 0. The van der Waals surface area contributed by atoms with Gasteiger partial charge in [0.25, 0.3) is 5.91 Å². The first-order valence-electron chi connectivity index (χ1n) is 9.03. The van der Waals surface area contributed by atoms with E-state index in [9.17, 15) is 23.1 Å². The molecule has 0 bridgehead atoms. The Morgan fingerprint density at radius 3 is 2.53 bits per heavy atom. The molecule has 6 nitrogen and oxygen atoms in total. The Hall–Kier alpha value is -2.93. The van der Waals surface area contributed by atoms with Crippen molar-refractivity contribution < 1.29 is 23.1 Å². The van der Waals surface area contributed by atoms with Gasteiger partial charge in [-0.15, -0.1) is 12.6 Å². The molecule has 1 aliphatic heterocycles. The highest BCUT2D eigenvalue weighted by Gasteiger charge is 2.52. The third-order valence-electron chi connectivity index (χ3n) is 5.09. The van der Waals surface area contributed by atoms with Crippen LogP contribution >= 0.6 is 12.6 Å². The quantitative estimate of drug-likeness (QED) is 0.709. The molecule has 0 radical (unpaired) electrons. The highest BCUT2D eigenvalue weighted by atomic mass is 32.1. The maximum absolute atomic E-state index is 13.4. The van der Waals surface area contributed by atoms with E-state index in [1.165, 1.54) is 12.1 Å². The molecule has 1 aliphatic rings. The normalized spacial score (nSPS) is 18.6. The van der Waals surface area contributed by atoms with Gasteiger partial charge < -0.3 is 10.0 Å². The van der Waals surface area contributed by atoms with Crippen LogP contribution in [-0.2, 0) is 17.4 Å². The molecule has 0 saturated carbocycles. The first-order chi connectivity index (χ1) is 13.9. The van der Waals surface area contributed by atoms with E-state index >= 15 is 0 Å². The van der Waals surface area contributed by atoms with Gasteiger partial charge >= 0.3 is 6.18 Å². The van der Waals surface area contributed by atoms with Crippen molar-refractivity contribution in [3.8, 4) is 11.8 Å². The standard InChI is InChI=1S/C20H19F3N4O2S/c1-4-11-7-12(5-6-16(11)28)27-18(30)26(17(29)19(27,2)3)13-8-14(20(21,22)23)15(9-24)25-10-13/h5-8,10,18,28,30H,4H2,1-3H3. The highest BCUT2D eigenvalue weighted by molar-refractivity contribution is 7.81. The van der Waals surface area contributed by atoms with Crippen molar-refractivity contribution in [2.75, 3.05) is 9.80 Å². The average molecular weight is 436 g/mol. The van der Waals surface area contributed by atoms with Crippen molar-refractivity contribution in [2.45, 2.75) is 44.4 Å². The molecule has 1 fully saturated rings. The number of carbonyl (C=O) groups is 1. The number of hydrogen-bond donors (Lipinski definition) is 2. The first-order valence-corrected chi connectivity index (χ1v) is 9.55. The summed E-state index contributed by atoms with van der Waals surface area (Å²) in [6, 6.07) is 7.00. The van der Waals surface area contributed by atoms with Crippen molar-refractivity contribution >= 4 is 29.9 Å². The van der Waals surface area contributed by atoms with Crippen LogP contribution in [0.5, 0.6) is 5.75 Å². The molecular weight excluding hydrogens is 417 g/mol. The Labute approximate surface area is 177 Å². The zero-order valence-corrected chi connectivity index (χ0v) is 17.3. The number of thiol groups is 1. The maximum Gasteiger partial charge on any atom is 0.419 e. The number of phenols is 1. The summed E-state index contributed by atoms with van der Waals surface area (Å²) in [6.07, 6.45) is -3.19. The number of pyridine rings is 1. The number of nitrogens with zero attached hydrogens (tertiary/aromatic N) is 4. The third-order valence-corrected chi connectivity index (χ3v) is 5.55. The van der Waals surface area contributed by atoms with Crippen LogP contribution in [0.1, 0.15) is 37.6 Å². The highest BCUT2D eigenvalue weighted by Crippen LogP contribution is 2.42.